The van der Waals surface area contributed by atoms with Crippen LogP contribution in [-0.2, 0) is 17.8 Å². The number of hydrogen-bond donors (Lipinski definition) is 1. The first-order chi connectivity index (χ1) is 14.9. The molecule has 0 spiro atoms. The van der Waals surface area contributed by atoms with Crippen LogP contribution in [0.4, 0.5) is 5.69 Å². The molecule has 0 saturated carbocycles. The van der Waals surface area contributed by atoms with Crippen molar-refractivity contribution in [2.24, 2.45) is 0 Å². The zero-order valence-electron chi connectivity index (χ0n) is 17.4. The molecule has 0 fully saturated rings. The van der Waals surface area contributed by atoms with Gasteiger partial charge >= 0.3 is 0 Å². The number of anilines is 1. The standard InChI is InChI=1S/C25H23BrN2O3/c1-25(24(30)27-16-18-9-4-6-13-22(18)31-2)15-17-8-3-5-12-21(17)23(29)28(25)20-11-7-10-19(26)14-20/h3-14H,15-16H2,1-2H3,(H,27,30)/t25-/m0/s1. The smallest absolute Gasteiger partial charge is 0.259 e. The molecule has 1 N–H and O–H groups in total. The Morgan fingerprint density at radius 3 is 2.61 bits per heavy atom. The third-order valence-corrected chi connectivity index (χ3v) is 6.16. The minimum absolute atomic E-state index is 0.185. The Labute approximate surface area is 190 Å². The molecule has 0 saturated heterocycles. The third kappa shape index (κ3) is 3.95. The summed E-state index contributed by atoms with van der Waals surface area (Å²) in [5, 5.41) is 3.03. The second-order valence-corrected chi connectivity index (χ2v) is 8.64. The van der Waals surface area contributed by atoms with Crippen LogP contribution in [0.3, 0.4) is 0 Å². The minimum Gasteiger partial charge on any atom is -0.496 e. The lowest BCUT2D eigenvalue weighted by Crippen LogP contribution is -2.63. The molecule has 6 heteroatoms. The van der Waals surface area contributed by atoms with Gasteiger partial charge in [0.2, 0.25) is 5.91 Å². The fraction of sp³-hybridized carbons (Fsp3) is 0.200. The zero-order valence-corrected chi connectivity index (χ0v) is 19.0. The summed E-state index contributed by atoms with van der Waals surface area (Å²) in [6.07, 6.45) is 0.416. The van der Waals surface area contributed by atoms with Gasteiger partial charge in [-0.15, -0.1) is 0 Å². The number of hydrogen-bond acceptors (Lipinski definition) is 3. The monoisotopic (exact) mass is 478 g/mol. The van der Waals surface area contributed by atoms with Crippen LogP contribution in [0, 0.1) is 0 Å². The van der Waals surface area contributed by atoms with Gasteiger partial charge in [-0.1, -0.05) is 58.4 Å². The molecule has 3 aromatic carbocycles. The molecule has 158 valence electrons. The van der Waals surface area contributed by atoms with Crippen molar-refractivity contribution in [1.29, 1.82) is 0 Å². The van der Waals surface area contributed by atoms with E-state index in [0.29, 0.717) is 30.0 Å². The van der Waals surface area contributed by atoms with Crippen molar-refractivity contribution in [2.75, 3.05) is 12.0 Å². The minimum atomic E-state index is -1.09. The number of carbonyl (C=O) groups is 2. The summed E-state index contributed by atoms with van der Waals surface area (Å²) in [5.74, 6) is 0.304. The first-order valence-corrected chi connectivity index (χ1v) is 10.8. The fourth-order valence-corrected chi connectivity index (χ4v) is 4.48. The van der Waals surface area contributed by atoms with E-state index in [-0.39, 0.29) is 11.8 Å². The Morgan fingerprint density at radius 2 is 1.84 bits per heavy atom. The molecule has 3 aromatic rings. The number of halogens is 1. The first kappa shape index (κ1) is 21.1. The molecular formula is C25H23BrN2O3. The van der Waals surface area contributed by atoms with Gasteiger partial charge in [-0.25, -0.2) is 0 Å². The van der Waals surface area contributed by atoms with Crippen LogP contribution in [0.5, 0.6) is 5.75 Å². The van der Waals surface area contributed by atoms with Crippen LogP contribution in [0.25, 0.3) is 0 Å². The highest BCUT2D eigenvalue weighted by atomic mass is 79.9. The topological polar surface area (TPSA) is 58.6 Å². The highest BCUT2D eigenvalue weighted by molar-refractivity contribution is 9.10. The van der Waals surface area contributed by atoms with Gasteiger partial charge in [0.1, 0.15) is 11.3 Å². The maximum absolute atomic E-state index is 13.6. The lowest BCUT2D eigenvalue weighted by Gasteiger charge is -2.44. The largest absolute Gasteiger partial charge is 0.496 e. The molecule has 31 heavy (non-hydrogen) atoms. The summed E-state index contributed by atoms with van der Waals surface area (Å²) in [4.78, 5) is 28.7. The van der Waals surface area contributed by atoms with Gasteiger partial charge in [0.25, 0.3) is 5.91 Å². The molecule has 0 radical (unpaired) electrons. The number of ether oxygens (including phenoxy) is 1. The molecular weight excluding hydrogens is 456 g/mol. The van der Waals surface area contributed by atoms with Crippen molar-refractivity contribution in [3.63, 3.8) is 0 Å². The molecule has 1 atom stereocenters. The number of benzene rings is 3. The number of amides is 2. The van der Waals surface area contributed by atoms with Crippen LogP contribution < -0.4 is 15.0 Å². The zero-order chi connectivity index (χ0) is 22.0. The Hall–Kier alpha value is -3.12. The number of para-hydroxylation sites is 1. The van der Waals surface area contributed by atoms with E-state index >= 15 is 0 Å². The van der Waals surface area contributed by atoms with Crippen molar-refractivity contribution >= 4 is 33.4 Å². The number of nitrogens with zero attached hydrogens (tertiary/aromatic N) is 1. The number of nitrogens with one attached hydrogen (secondary N) is 1. The molecule has 4 rings (SSSR count). The average molecular weight is 479 g/mol. The SMILES string of the molecule is COc1ccccc1CNC(=O)[C@]1(C)Cc2ccccc2C(=O)N1c1cccc(Br)c1. The second kappa shape index (κ2) is 8.55. The van der Waals surface area contributed by atoms with Crippen LogP contribution in [0.2, 0.25) is 0 Å². The van der Waals surface area contributed by atoms with Crippen molar-refractivity contribution in [2.45, 2.75) is 25.4 Å². The van der Waals surface area contributed by atoms with Gasteiger partial charge in [-0.3, -0.25) is 14.5 Å². The predicted molar refractivity (Wildman–Crippen MR) is 124 cm³/mol. The quantitative estimate of drug-likeness (QED) is 0.576. The van der Waals surface area contributed by atoms with E-state index in [1.807, 2.05) is 79.7 Å². The van der Waals surface area contributed by atoms with E-state index in [1.165, 1.54) is 0 Å². The Morgan fingerprint density at radius 1 is 1.10 bits per heavy atom. The van der Waals surface area contributed by atoms with Gasteiger partial charge in [0.05, 0.1) is 7.11 Å². The third-order valence-electron chi connectivity index (χ3n) is 5.67. The van der Waals surface area contributed by atoms with Crippen molar-refractivity contribution in [1.82, 2.24) is 5.32 Å². The number of fused-ring (bicyclic) bond motifs is 1. The summed E-state index contributed by atoms with van der Waals surface area (Å²) in [6.45, 7) is 2.12. The summed E-state index contributed by atoms with van der Waals surface area (Å²) < 4.78 is 6.24. The van der Waals surface area contributed by atoms with E-state index in [4.69, 9.17) is 4.74 Å². The van der Waals surface area contributed by atoms with Gasteiger partial charge in [-0.2, -0.15) is 0 Å². The van der Waals surface area contributed by atoms with Crippen LogP contribution in [0.15, 0.2) is 77.3 Å². The van der Waals surface area contributed by atoms with Gasteiger partial charge < -0.3 is 10.1 Å². The van der Waals surface area contributed by atoms with Crippen LogP contribution in [-0.4, -0.2) is 24.5 Å². The predicted octanol–water partition coefficient (Wildman–Crippen LogP) is 4.74. The highest BCUT2D eigenvalue weighted by Gasteiger charge is 2.47. The molecule has 5 nitrogen and oxygen atoms in total. The van der Waals surface area contributed by atoms with E-state index in [1.54, 1.807) is 12.0 Å². The second-order valence-electron chi connectivity index (χ2n) is 7.72. The summed E-state index contributed by atoms with van der Waals surface area (Å²) in [6, 6.07) is 22.5. The van der Waals surface area contributed by atoms with Crippen LogP contribution in [0.1, 0.15) is 28.4 Å². The summed E-state index contributed by atoms with van der Waals surface area (Å²) >= 11 is 3.48. The van der Waals surface area contributed by atoms with Crippen molar-refractivity contribution in [3.05, 3.63) is 94.0 Å². The molecule has 0 aromatic heterocycles. The maximum Gasteiger partial charge on any atom is 0.259 e. The van der Waals surface area contributed by atoms with Gasteiger partial charge in [-0.05, 0) is 42.8 Å². The Kier molecular flexibility index (Phi) is 5.83. The summed E-state index contributed by atoms with van der Waals surface area (Å²) in [7, 11) is 1.60. The van der Waals surface area contributed by atoms with E-state index in [9.17, 15) is 9.59 Å². The van der Waals surface area contributed by atoms with Crippen molar-refractivity contribution in [3.8, 4) is 5.75 Å². The van der Waals surface area contributed by atoms with Crippen LogP contribution >= 0.6 is 15.9 Å². The number of rotatable bonds is 5. The first-order valence-electron chi connectivity index (χ1n) is 10.0. The lowest BCUT2D eigenvalue weighted by molar-refractivity contribution is -0.126. The maximum atomic E-state index is 13.6. The molecule has 1 aliphatic rings. The molecule has 0 bridgehead atoms. The van der Waals surface area contributed by atoms with Gasteiger partial charge in [0, 0.05) is 34.3 Å². The Balaban J connectivity index is 1.71. The fourth-order valence-electron chi connectivity index (χ4n) is 4.09. The average Bonchev–Trinajstić information content (AvgIpc) is 2.77. The molecule has 2 amide bonds. The molecule has 1 heterocycles. The van der Waals surface area contributed by atoms with E-state index < -0.39 is 5.54 Å². The Bertz CT molecular complexity index is 1150. The van der Waals surface area contributed by atoms with E-state index in [2.05, 4.69) is 21.2 Å². The highest BCUT2D eigenvalue weighted by Crippen LogP contribution is 2.36. The number of methoxy groups -OCH3 is 1. The lowest BCUT2D eigenvalue weighted by atomic mass is 9.82. The molecule has 1 aliphatic heterocycles. The molecule has 0 unspecified atom stereocenters. The van der Waals surface area contributed by atoms with Gasteiger partial charge in [0.15, 0.2) is 0 Å². The van der Waals surface area contributed by atoms with E-state index in [0.717, 1.165) is 15.6 Å². The van der Waals surface area contributed by atoms with Crippen molar-refractivity contribution < 1.29 is 14.3 Å². The molecule has 0 aliphatic carbocycles. The normalized spacial score (nSPS) is 17.8. The number of carbonyl (C=O) groups excluding carboxylic acids is 2. The summed E-state index contributed by atoms with van der Waals surface area (Å²) in [5.41, 5.74) is 1.95.